The molecular weight excluding hydrogens is 234 g/mol. The zero-order valence-electron chi connectivity index (χ0n) is 9.28. The predicted octanol–water partition coefficient (Wildman–Crippen LogP) is 1.77. The Morgan fingerprint density at radius 2 is 2.28 bits per heavy atom. The van der Waals surface area contributed by atoms with Crippen molar-refractivity contribution in [2.75, 3.05) is 0 Å². The van der Waals surface area contributed by atoms with E-state index in [1.54, 1.807) is 29.1 Å². The van der Waals surface area contributed by atoms with E-state index in [0.717, 1.165) is 5.76 Å². The molecule has 0 saturated heterocycles. The van der Waals surface area contributed by atoms with Crippen molar-refractivity contribution in [1.29, 1.82) is 0 Å². The molecule has 0 bridgehead atoms. The lowest BCUT2D eigenvalue weighted by molar-refractivity contribution is 0.0697. The zero-order valence-corrected chi connectivity index (χ0v) is 9.28. The van der Waals surface area contributed by atoms with Gasteiger partial charge in [0, 0.05) is 0 Å². The topological polar surface area (TPSA) is 81.1 Å². The van der Waals surface area contributed by atoms with Crippen LogP contribution < -0.4 is 0 Å². The maximum Gasteiger partial charge on any atom is 0.335 e. The van der Waals surface area contributed by atoms with E-state index in [1.165, 1.54) is 6.07 Å². The average Bonchev–Trinajstić information content (AvgIpc) is 2.99. The standard InChI is InChI=1S/C12H9N3O3/c16-12(17)8-3-4-10-11(6-8)15(14-13-10)7-9-2-1-5-18-9/h1-6H,7H2,(H,16,17). The van der Waals surface area contributed by atoms with E-state index in [9.17, 15) is 4.79 Å². The van der Waals surface area contributed by atoms with E-state index in [4.69, 9.17) is 9.52 Å². The normalized spacial score (nSPS) is 10.9. The molecule has 0 saturated carbocycles. The summed E-state index contributed by atoms with van der Waals surface area (Å²) in [5, 5.41) is 16.9. The van der Waals surface area contributed by atoms with Crippen molar-refractivity contribution in [3.63, 3.8) is 0 Å². The quantitative estimate of drug-likeness (QED) is 0.758. The number of fused-ring (bicyclic) bond motifs is 1. The third kappa shape index (κ3) is 1.73. The second-order valence-corrected chi connectivity index (χ2v) is 3.84. The summed E-state index contributed by atoms with van der Waals surface area (Å²) < 4.78 is 6.84. The molecule has 0 aliphatic rings. The second-order valence-electron chi connectivity index (χ2n) is 3.84. The third-order valence-electron chi connectivity index (χ3n) is 2.65. The summed E-state index contributed by atoms with van der Waals surface area (Å²) in [6.07, 6.45) is 1.58. The minimum absolute atomic E-state index is 0.213. The van der Waals surface area contributed by atoms with Gasteiger partial charge in [-0.3, -0.25) is 0 Å². The molecule has 2 heterocycles. The van der Waals surface area contributed by atoms with Gasteiger partial charge in [0.15, 0.2) is 0 Å². The van der Waals surface area contributed by atoms with Crippen LogP contribution in [0.25, 0.3) is 11.0 Å². The molecule has 1 aromatic carbocycles. The fourth-order valence-electron chi connectivity index (χ4n) is 1.77. The van der Waals surface area contributed by atoms with Gasteiger partial charge in [-0.1, -0.05) is 5.21 Å². The molecule has 3 rings (SSSR count). The van der Waals surface area contributed by atoms with Crippen molar-refractivity contribution >= 4 is 17.0 Å². The molecule has 0 fully saturated rings. The van der Waals surface area contributed by atoms with Gasteiger partial charge in [-0.15, -0.1) is 5.10 Å². The first kappa shape index (κ1) is 10.5. The minimum atomic E-state index is -0.970. The van der Waals surface area contributed by atoms with E-state index in [-0.39, 0.29) is 5.56 Å². The molecule has 90 valence electrons. The number of aromatic carboxylic acids is 1. The van der Waals surface area contributed by atoms with Crippen molar-refractivity contribution in [2.24, 2.45) is 0 Å². The molecule has 0 radical (unpaired) electrons. The molecule has 18 heavy (non-hydrogen) atoms. The lowest BCUT2D eigenvalue weighted by Gasteiger charge is -2.00. The summed E-state index contributed by atoms with van der Waals surface area (Å²) in [6.45, 7) is 0.423. The summed E-state index contributed by atoms with van der Waals surface area (Å²) in [6, 6.07) is 8.33. The first-order valence-electron chi connectivity index (χ1n) is 5.33. The van der Waals surface area contributed by atoms with Crippen LogP contribution in [0.5, 0.6) is 0 Å². The summed E-state index contributed by atoms with van der Waals surface area (Å²) in [4.78, 5) is 10.9. The molecule has 0 amide bonds. The second kappa shape index (κ2) is 3.99. The number of nitrogens with zero attached hydrogens (tertiary/aromatic N) is 3. The highest BCUT2D eigenvalue weighted by Gasteiger charge is 2.10. The first-order valence-corrected chi connectivity index (χ1v) is 5.33. The van der Waals surface area contributed by atoms with Crippen LogP contribution in [0.2, 0.25) is 0 Å². The number of carboxylic acid groups (broad SMARTS) is 1. The van der Waals surface area contributed by atoms with Gasteiger partial charge in [-0.05, 0) is 30.3 Å². The van der Waals surface area contributed by atoms with Crippen molar-refractivity contribution in [3.05, 3.63) is 47.9 Å². The highest BCUT2D eigenvalue weighted by atomic mass is 16.4. The average molecular weight is 243 g/mol. The van der Waals surface area contributed by atoms with Crippen LogP contribution in [0.3, 0.4) is 0 Å². The Bertz CT molecular complexity index is 701. The Kier molecular flexibility index (Phi) is 2.33. The highest BCUT2D eigenvalue weighted by Crippen LogP contribution is 2.15. The van der Waals surface area contributed by atoms with Crippen LogP contribution in [-0.2, 0) is 6.54 Å². The number of hydrogen-bond acceptors (Lipinski definition) is 4. The summed E-state index contributed by atoms with van der Waals surface area (Å²) in [5.41, 5.74) is 1.54. The van der Waals surface area contributed by atoms with Crippen molar-refractivity contribution < 1.29 is 14.3 Å². The number of hydrogen-bond donors (Lipinski definition) is 1. The van der Waals surface area contributed by atoms with Crippen LogP contribution in [0.15, 0.2) is 41.0 Å². The number of furan rings is 1. The van der Waals surface area contributed by atoms with Crippen molar-refractivity contribution in [2.45, 2.75) is 6.54 Å². The Morgan fingerprint density at radius 1 is 1.39 bits per heavy atom. The summed E-state index contributed by atoms with van der Waals surface area (Å²) >= 11 is 0. The fraction of sp³-hybridized carbons (Fsp3) is 0.0833. The summed E-state index contributed by atoms with van der Waals surface area (Å²) in [7, 11) is 0. The maximum absolute atomic E-state index is 10.9. The largest absolute Gasteiger partial charge is 0.478 e. The molecule has 6 heteroatoms. The van der Waals surface area contributed by atoms with Crippen LogP contribution in [0, 0.1) is 0 Å². The number of aromatic nitrogens is 3. The molecule has 0 spiro atoms. The zero-order chi connectivity index (χ0) is 12.5. The van der Waals surface area contributed by atoms with Gasteiger partial charge in [-0.25, -0.2) is 9.48 Å². The monoisotopic (exact) mass is 243 g/mol. The molecule has 0 atom stereocenters. The van der Waals surface area contributed by atoms with E-state index >= 15 is 0 Å². The molecule has 2 aromatic heterocycles. The molecule has 3 aromatic rings. The molecule has 1 N–H and O–H groups in total. The van der Waals surface area contributed by atoms with Crippen molar-refractivity contribution in [3.8, 4) is 0 Å². The Balaban J connectivity index is 2.06. The van der Waals surface area contributed by atoms with E-state index < -0.39 is 5.97 Å². The number of benzene rings is 1. The van der Waals surface area contributed by atoms with Crippen LogP contribution in [0.4, 0.5) is 0 Å². The van der Waals surface area contributed by atoms with Gasteiger partial charge >= 0.3 is 5.97 Å². The van der Waals surface area contributed by atoms with Gasteiger partial charge in [0.1, 0.15) is 17.8 Å². The number of rotatable bonds is 3. The van der Waals surface area contributed by atoms with Crippen LogP contribution in [-0.4, -0.2) is 26.1 Å². The number of carbonyl (C=O) groups is 1. The van der Waals surface area contributed by atoms with Crippen LogP contribution >= 0.6 is 0 Å². The van der Waals surface area contributed by atoms with Gasteiger partial charge in [0.05, 0.1) is 17.3 Å². The number of carboxylic acids is 1. The molecule has 0 aliphatic carbocycles. The van der Waals surface area contributed by atoms with E-state index in [0.29, 0.717) is 17.6 Å². The Hall–Kier alpha value is -2.63. The smallest absolute Gasteiger partial charge is 0.335 e. The highest BCUT2D eigenvalue weighted by molar-refractivity contribution is 5.92. The lowest BCUT2D eigenvalue weighted by Crippen LogP contribution is -2.02. The first-order chi connectivity index (χ1) is 8.74. The van der Waals surface area contributed by atoms with Gasteiger partial charge in [0.25, 0.3) is 0 Å². The Morgan fingerprint density at radius 3 is 3.00 bits per heavy atom. The van der Waals surface area contributed by atoms with Gasteiger partial charge in [-0.2, -0.15) is 0 Å². The van der Waals surface area contributed by atoms with Gasteiger partial charge < -0.3 is 9.52 Å². The SMILES string of the molecule is O=C(O)c1ccc2nnn(Cc3ccco3)c2c1. The maximum atomic E-state index is 10.9. The van der Waals surface area contributed by atoms with Crippen LogP contribution in [0.1, 0.15) is 16.1 Å². The molecule has 0 unspecified atom stereocenters. The van der Waals surface area contributed by atoms with Crippen molar-refractivity contribution in [1.82, 2.24) is 15.0 Å². The van der Waals surface area contributed by atoms with Gasteiger partial charge in [0.2, 0.25) is 0 Å². The van der Waals surface area contributed by atoms with E-state index in [2.05, 4.69) is 10.3 Å². The van der Waals surface area contributed by atoms with E-state index in [1.807, 2.05) is 6.07 Å². The fourth-order valence-corrected chi connectivity index (χ4v) is 1.77. The molecule has 0 aliphatic heterocycles. The molecular formula is C12H9N3O3. The lowest BCUT2D eigenvalue weighted by atomic mass is 10.2. The summed E-state index contributed by atoms with van der Waals surface area (Å²) in [5.74, 6) is -0.231. The third-order valence-corrected chi connectivity index (χ3v) is 2.65. The predicted molar refractivity (Wildman–Crippen MR) is 62.3 cm³/mol. The molecule has 6 nitrogen and oxygen atoms in total. The Labute approximate surface area is 101 Å². The minimum Gasteiger partial charge on any atom is -0.478 e.